The fourth-order valence-electron chi connectivity index (χ4n) is 3.32. The lowest BCUT2D eigenvalue weighted by Gasteiger charge is -2.17. The second-order valence-corrected chi connectivity index (χ2v) is 7.34. The summed E-state index contributed by atoms with van der Waals surface area (Å²) in [6, 6.07) is 9.15. The summed E-state index contributed by atoms with van der Waals surface area (Å²) in [4.78, 5) is 12.1. The fraction of sp³-hybridized carbons (Fsp3) is 0.435. The van der Waals surface area contributed by atoms with Crippen LogP contribution in [0.3, 0.4) is 0 Å². The Morgan fingerprint density at radius 3 is 2.25 bits per heavy atom. The number of halogens is 5. The molecular weight excluding hydrogens is 431 g/mol. The highest BCUT2D eigenvalue weighted by Gasteiger charge is 2.31. The predicted molar refractivity (Wildman–Crippen MR) is 117 cm³/mol. The number of anilines is 1. The highest BCUT2D eigenvalue weighted by molar-refractivity contribution is 5.89. The van der Waals surface area contributed by atoms with Crippen molar-refractivity contribution < 1.29 is 34.3 Å². The SMILES string of the molecule is CC.CC(F)(F)c1ccc(O[C@H]2CC[C@H](NC(=O)Nc3cccc(C(F)(F)F)c3)C2)cc1.[HH].[HH]. The number of amides is 2. The molecule has 180 valence electrons. The first-order valence-electron chi connectivity index (χ1n) is 10.4. The Balaban J connectivity index is 0.00000265. The van der Waals surface area contributed by atoms with Crippen LogP contribution in [0.4, 0.5) is 32.4 Å². The van der Waals surface area contributed by atoms with E-state index in [0.717, 1.165) is 19.1 Å². The van der Waals surface area contributed by atoms with E-state index in [0.29, 0.717) is 25.0 Å². The van der Waals surface area contributed by atoms with Gasteiger partial charge in [-0.3, -0.25) is 0 Å². The molecule has 0 spiro atoms. The monoisotopic (exact) mass is 462 g/mol. The van der Waals surface area contributed by atoms with Crippen molar-refractivity contribution in [3.05, 3.63) is 59.7 Å². The van der Waals surface area contributed by atoms with Crippen molar-refractivity contribution in [3.63, 3.8) is 0 Å². The summed E-state index contributed by atoms with van der Waals surface area (Å²) in [5.41, 5.74) is -0.908. The van der Waals surface area contributed by atoms with E-state index in [1.165, 1.54) is 36.4 Å². The Bertz CT molecular complexity index is 890. The van der Waals surface area contributed by atoms with Gasteiger partial charge in [0.1, 0.15) is 11.9 Å². The second kappa shape index (κ2) is 10.7. The highest BCUT2D eigenvalue weighted by atomic mass is 19.4. The molecule has 0 bridgehead atoms. The number of benzene rings is 2. The molecule has 2 aromatic rings. The molecule has 1 saturated carbocycles. The van der Waals surface area contributed by atoms with Gasteiger partial charge in [-0.05, 0) is 55.3 Å². The van der Waals surface area contributed by atoms with E-state index in [1.807, 2.05) is 13.8 Å². The zero-order valence-corrected chi connectivity index (χ0v) is 18.1. The molecule has 4 nitrogen and oxygen atoms in total. The van der Waals surface area contributed by atoms with E-state index >= 15 is 0 Å². The van der Waals surface area contributed by atoms with Crippen molar-refractivity contribution in [2.24, 2.45) is 0 Å². The highest BCUT2D eigenvalue weighted by Crippen LogP contribution is 2.31. The number of urea groups is 1. The van der Waals surface area contributed by atoms with E-state index in [2.05, 4.69) is 10.6 Å². The van der Waals surface area contributed by atoms with E-state index in [-0.39, 0.29) is 26.2 Å². The Hall–Kier alpha value is -2.84. The average Bonchev–Trinajstić information content (AvgIpc) is 3.15. The minimum absolute atomic E-state index is 0. The molecule has 2 aromatic carbocycles. The number of hydrogen-bond donors (Lipinski definition) is 2. The van der Waals surface area contributed by atoms with E-state index < -0.39 is 23.7 Å². The van der Waals surface area contributed by atoms with E-state index in [9.17, 15) is 26.7 Å². The summed E-state index contributed by atoms with van der Waals surface area (Å²) < 4.78 is 70.6. The molecule has 9 heteroatoms. The first kappa shape index (κ1) is 25.4. The van der Waals surface area contributed by atoms with Crippen LogP contribution in [0.5, 0.6) is 5.75 Å². The van der Waals surface area contributed by atoms with Crippen LogP contribution in [-0.2, 0) is 12.1 Å². The summed E-state index contributed by atoms with van der Waals surface area (Å²) in [5, 5.41) is 5.12. The lowest BCUT2D eigenvalue weighted by molar-refractivity contribution is -0.137. The molecule has 32 heavy (non-hydrogen) atoms. The first-order valence-corrected chi connectivity index (χ1v) is 10.4. The third-order valence-electron chi connectivity index (χ3n) is 4.83. The maximum atomic E-state index is 13.3. The number of carbonyl (C=O) groups is 1. The Labute approximate surface area is 187 Å². The maximum Gasteiger partial charge on any atom is 0.416 e. The van der Waals surface area contributed by atoms with Crippen molar-refractivity contribution in [3.8, 4) is 5.75 Å². The van der Waals surface area contributed by atoms with Gasteiger partial charge in [0.05, 0.1) is 5.56 Å². The van der Waals surface area contributed by atoms with Crippen LogP contribution in [0.1, 0.15) is 54.0 Å². The van der Waals surface area contributed by atoms with Crippen molar-refractivity contribution >= 4 is 11.7 Å². The Kier molecular flexibility index (Phi) is 8.46. The summed E-state index contributed by atoms with van der Waals surface area (Å²) in [6.07, 6.45) is -2.90. The van der Waals surface area contributed by atoms with E-state index in [4.69, 9.17) is 4.74 Å². The van der Waals surface area contributed by atoms with Gasteiger partial charge in [0.2, 0.25) is 0 Å². The molecule has 0 unspecified atom stereocenters. The number of carbonyl (C=O) groups excluding carboxylic acids is 1. The molecule has 0 heterocycles. The molecule has 0 aromatic heterocycles. The zero-order chi connectivity index (χ0) is 23.9. The topological polar surface area (TPSA) is 50.4 Å². The quantitative estimate of drug-likeness (QED) is 0.453. The van der Waals surface area contributed by atoms with Crippen molar-refractivity contribution in [2.75, 3.05) is 5.32 Å². The van der Waals surface area contributed by atoms with Gasteiger partial charge in [0, 0.05) is 33.5 Å². The molecular formula is C23H31F5N2O2. The van der Waals surface area contributed by atoms with Crippen LogP contribution in [0.15, 0.2) is 48.5 Å². The number of rotatable bonds is 5. The number of alkyl halides is 5. The third kappa shape index (κ3) is 7.39. The molecule has 0 saturated heterocycles. The minimum atomic E-state index is -4.49. The van der Waals surface area contributed by atoms with E-state index in [1.54, 1.807) is 0 Å². The molecule has 1 aliphatic carbocycles. The van der Waals surface area contributed by atoms with Crippen molar-refractivity contribution in [1.29, 1.82) is 0 Å². The molecule has 2 amide bonds. The van der Waals surface area contributed by atoms with Gasteiger partial charge in [-0.15, -0.1) is 0 Å². The van der Waals surface area contributed by atoms with Gasteiger partial charge in [0.25, 0.3) is 5.92 Å². The van der Waals surface area contributed by atoms with Gasteiger partial charge in [0.15, 0.2) is 0 Å². The predicted octanol–water partition coefficient (Wildman–Crippen LogP) is 7.46. The van der Waals surface area contributed by atoms with Gasteiger partial charge < -0.3 is 15.4 Å². The zero-order valence-electron chi connectivity index (χ0n) is 18.1. The standard InChI is InChI=1S/C21H21F5N2O2.C2H6.2H2/c1-20(22,23)13-5-8-17(9-6-13)30-18-10-7-16(12-18)28-19(29)27-15-4-2-3-14(11-15)21(24,25)26;1-2;;/h2-6,8-9,11,16,18H,7,10,12H2,1H3,(H2,27,28,29);1-2H3;2*1H/t16-,18-;;;/m0.../s1. The summed E-state index contributed by atoms with van der Waals surface area (Å²) in [5.74, 6) is -2.46. The Morgan fingerprint density at radius 2 is 1.66 bits per heavy atom. The maximum absolute atomic E-state index is 13.3. The average molecular weight is 463 g/mol. The number of ether oxygens (including phenoxy) is 1. The van der Waals surface area contributed by atoms with Gasteiger partial charge in [-0.25, -0.2) is 13.6 Å². The summed E-state index contributed by atoms with van der Waals surface area (Å²) in [6.45, 7) is 4.82. The lowest BCUT2D eigenvalue weighted by atomic mass is 10.1. The second-order valence-electron chi connectivity index (χ2n) is 7.34. The van der Waals surface area contributed by atoms with Crippen LogP contribution in [0.25, 0.3) is 0 Å². The molecule has 0 radical (unpaired) electrons. The normalized spacial score (nSPS) is 18.4. The summed E-state index contributed by atoms with van der Waals surface area (Å²) >= 11 is 0. The molecule has 3 rings (SSSR count). The number of nitrogens with one attached hydrogen (secondary N) is 2. The van der Waals surface area contributed by atoms with Gasteiger partial charge in [-0.2, -0.15) is 13.2 Å². The van der Waals surface area contributed by atoms with Crippen LogP contribution in [0, 0.1) is 0 Å². The fourth-order valence-corrected chi connectivity index (χ4v) is 3.32. The molecule has 1 aliphatic rings. The lowest BCUT2D eigenvalue weighted by Crippen LogP contribution is -2.37. The molecule has 1 fully saturated rings. The Morgan fingerprint density at radius 1 is 1.00 bits per heavy atom. The first-order chi connectivity index (χ1) is 15.0. The van der Waals surface area contributed by atoms with Crippen molar-refractivity contribution in [1.82, 2.24) is 5.32 Å². The van der Waals surface area contributed by atoms with Crippen LogP contribution < -0.4 is 15.4 Å². The van der Waals surface area contributed by atoms with Crippen LogP contribution >= 0.6 is 0 Å². The van der Waals surface area contributed by atoms with Gasteiger partial charge in [-0.1, -0.05) is 19.9 Å². The largest absolute Gasteiger partial charge is 0.490 e. The van der Waals surface area contributed by atoms with Crippen LogP contribution in [-0.4, -0.2) is 18.2 Å². The molecule has 0 aliphatic heterocycles. The number of hydrogen-bond acceptors (Lipinski definition) is 2. The molecule has 2 atom stereocenters. The van der Waals surface area contributed by atoms with Crippen LogP contribution in [0.2, 0.25) is 0 Å². The van der Waals surface area contributed by atoms with Crippen molar-refractivity contribution in [2.45, 2.75) is 64.3 Å². The van der Waals surface area contributed by atoms with Gasteiger partial charge >= 0.3 is 12.2 Å². The third-order valence-corrected chi connectivity index (χ3v) is 4.83. The smallest absolute Gasteiger partial charge is 0.416 e. The summed E-state index contributed by atoms with van der Waals surface area (Å²) in [7, 11) is 0. The molecule has 2 N–H and O–H groups in total. The minimum Gasteiger partial charge on any atom is -0.490 e.